The Kier molecular flexibility index (Phi) is 7.62. The summed E-state index contributed by atoms with van der Waals surface area (Å²) in [5, 5.41) is 6.60. The summed E-state index contributed by atoms with van der Waals surface area (Å²) < 4.78 is 0. The van der Waals surface area contributed by atoms with E-state index in [1.165, 1.54) is 17.0 Å². The van der Waals surface area contributed by atoms with Crippen LogP contribution in [0, 0.1) is 19.8 Å². The molecule has 2 aromatic rings. The molecular weight excluding hydrogens is 436 g/mol. The van der Waals surface area contributed by atoms with Gasteiger partial charge in [-0.25, -0.2) is 4.98 Å². The first kappa shape index (κ1) is 23.7. The van der Waals surface area contributed by atoms with E-state index in [0.717, 1.165) is 61.8 Å². The van der Waals surface area contributed by atoms with Gasteiger partial charge in [0.05, 0.1) is 18.2 Å². The molecule has 2 amide bonds. The Bertz CT molecular complexity index is 948. The number of likely N-dealkylation sites (tertiary alicyclic amines) is 1. The first-order chi connectivity index (χ1) is 15.9. The number of anilines is 3. The molecular formula is C24H34N6O2S. The molecule has 0 aliphatic carbocycles. The van der Waals surface area contributed by atoms with Crippen LogP contribution in [-0.2, 0) is 9.59 Å². The predicted molar refractivity (Wildman–Crippen MR) is 134 cm³/mol. The highest BCUT2D eigenvalue weighted by molar-refractivity contribution is 7.15. The first-order valence-corrected chi connectivity index (χ1v) is 12.5. The van der Waals surface area contributed by atoms with Gasteiger partial charge in [0, 0.05) is 49.0 Å². The number of hydrogen-bond acceptors (Lipinski definition) is 7. The third kappa shape index (κ3) is 6.31. The van der Waals surface area contributed by atoms with Crippen molar-refractivity contribution in [2.45, 2.75) is 26.7 Å². The molecule has 0 spiro atoms. The van der Waals surface area contributed by atoms with Crippen LogP contribution in [0.5, 0.6) is 0 Å². The molecule has 4 rings (SSSR count). The second-order valence-electron chi connectivity index (χ2n) is 9.11. The van der Waals surface area contributed by atoms with Gasteiger partial charge in [0.1, 0.15) is 0 Å². The van der Waals surface area contributed by atoms with Gasteiger partial charge >= 0.3 is 0 Å². The summed E-state index contributed by atoms with van der Waals surface area (Å²) in [5.41, 5.74) is 2.96. The van der Waals surface area contributed by atoms with Gasteiger partial charge in [-0.15, -0.1) is 11.3 Å². The zero-order valence-corrected chi connectivity index (χ0v) is 20.6. The van der Waals surface area contributed by atoms with Gasteiger partial charge in [0.2, 0.25) is 11.8 Å². The van der Waals surface area contributed by atoms with Crippen LogP contribution in [0.1, 0.15) is 23.4 Å². The number of carbonyl (C=O) groups is 2. The van der Waals surface area contributed by atoms with Crippen molar-refractivity contribution < 1.29 is 9.59 Å². The van der Waals surface area contributed by atoms with Crippen LogP contribution in [0.15, 0.2) is 24.3 Å². The summed E-state index contributed by atoms with van der Waals surface area (Å²) in [4.78, 5) is 37.6. The summed E-state index contributed by atoms with van der Waals surface area (Å²) in [7, 11) is 2.15. The number of hydrogen-bond donors (Lipinski definition) is 2. The largest absolute Gasteiger partial charge is 0.369 e. The molecule has 33 heavy (non-hydrogen) atoms. The number of nitrogens with zero attached hydrogens (tertiary/aromatic N) is 4. The monoisotopic (exact) mass is 470 g/mol. The van der Waals surface area contributed by atoms with Crippen LogP contribution in [0.2, 0.25) is 0 Å². The van der Waals surface area contributed by atoms with Gasteiger partial charge in [-0.2, -0.15) is 0 Å². The Balaban J connectivity index is 1.26. The zero-order chi connectivity index (χ0) is 23.4. The molecule has 1 aromatic heterocycles. The Morgan fingerprint density at radius 3 is 2.45 bits per heavy atom. The van der Waals surface area contributed by atoms with E-state index in [0.29, 0.717) is 11.7 Å². The second kappa shape index (κ2) is 10.6. The van der Waals surface area contributed by atoms with Crippen LogP contribution in [-0.4, -0.2) is 79.5 Å². The van der Waals surface area contributed by atoms with E-state index in [9.17, 15) is 9.59 Å². The van der Waals surface area contributed by atoms with Crippen LogP contribution in [0.25, 0.3) is 0 Å². The summed E-state index contributed by atoms with van der Waals surface area (Å²) in [5.74, 6) is -0.170. The SMILES string of the molecule is Cc1nc(NC(=O)CN2CCCC(C(=O)Nc3ccc(N4CCN(C)CC4)cc3)C2)sc1C. The molecule has 0 saturated carbocycles. The van der Waals surface area contributed by atoms with E-state index in [2.05, 4.69) is 49.5 Å². The lowest BCUT2D eigenvalue weighted by molar-refractivity contribution is -0.123. The highest BCUT2D eigenvalue weighted by Crippen LogP contribution is 2.23. The molecule has 3 heterocycles. The Hall–Kier alpha value is -2.49. The smallest absolute Gasteiger partial charge is 0.240 e. The molecule has 0 bridgehead atoms. The lowest BCUT2D eigenvalue weighted by Gasteiger charge is -2.34. The molecule has 2 aliphatic heterocycles. The quantitative estimate of drug-likeness (QED) is 0.676. The molecule has 1 unspecified atom stereocenters. The molecule has 2 N–H and O–H groups in total. The predicted octanol–water partition coefficient (Wildman–Crippen LogP) is 2.80. The first-order valence-electron chi connectivity index (χ1n) is 11.7. The number of benzene rings is 1. The topological polar surface area (TPSA) is 80.8 Å². The van der Waals surface area contributed by atoms with Crippen molar-refractivity contribution in [3.05, 3.63) is 34.8 Å². The number of rotatable bonds is 6. The van der Waals surface area contributed by atoms with Crippen molar-refractivity contribution in [2.75, 3.05) is 68.4 Å². The lowest BCUT2D eigenvalue weighted by Crippen LogP contribution is -2.44. The van der Waals surface area contributed by atoms with E-state index in [1.54, 1.807) is 0 Å². The van der Waals surface area contributed by atoms with Gasteiger partial charge < -0.3 is 20.4 Å². The number of piperidine rings is 1. The molecule has 2 saturated heterocycles. The molecule has 1 aromatic carbocycles. The van der Waals surface area contributed by atoms with Gasteiger partial charge in [-0.1, -0.05) is 0 Å². The molecule has 2 aliphatic rings. The van der Waals surface area contributed by atoms with Gasteiger partial charge in [-0.3, -0.25) is 14.5 Å². The fourth-order valence-corrected chi connectivity index (χ4v) is 5.20. The number of likely N-dealkylation sites (N-methyl/N-ethyl adjacent to an activating group) is 1. The number of aryl methyl sites for hydroxylation is 2. The van der Waals surface area contributed by atoms with Crippen LogP contribution in [0.3, 0.4) is 0 Å². The van der Waals surface area contributed by atoms with Crippen LogP contribution in [0.4, 0.5) is 16.5 Å². The minimum Gasteiger partial charge on any atom is -0.369 e. The zero-order valence-electron chi connectivity index (χ0n) is 19.8. The number of nitrogens with one attached hydrogen (secondary N) is 2. The minimum absolute atomic E-state index is 0.0265. The molecule has 8 nitrogen and oxygen atoms in total. The lowest BCUT2D eigenvalue weighted by atomic mass is 9.97. The summed E-state index contributed by atoms with van der Waals surface area (Å²) >= 11 is 1.49. The number of carbonyl (C=O) groups excluding carboxylic acids is 2. The van der Waals surface area contributed by atoms with E-state index < -0.39 is 0 Å². The number of thiazole rings is 1. The Labute approximate surface area is 200 Å². The summed E-state index contributed by atoms with van der Waals surface area (Å²) in [6.45, 7) is 9.81. The minimum atomic E-state index is -0.117. The third-order valence-corrected chi connectivity index (χ3v) is 7.51. The van der Waals surface area contributed by atoms with E-state index in [4.69, 9.17) is 0 Å². The second-order valence-corrected chi connectivity index (χ2v) is 10.3. The maximum Gasteiger partial charge on any atom is 0.240 e. The van der Waals surface area contributed by atoms with Crippen LogP contribution >= 0.6 is 11.3 Å². The highest BCUT2D eigenvalue weighted by atomic mass is 32.1. The Morgan fingerprint density at radius 2 is 1.79 bits per heavy atom. The molecule has 1 atom stereocenters. The highest BCUT2D eigenvalue weighted by Gasteiger charge is 2.27. The van der Waals surface area contributed by atoms with Crippen molar-refractivity contribution in [1.82, 2.24) is 14.8 Å². The standard InChI is InChI=1S/C24H34N6O2S/c1-17-18(2)33-24(25-17)27-22(31)16-29-10-4-5-19(15-29)23(32)26-20-6-8-21(9-7-20)30-13-11-28(3)12-14-30/h6-9,19H,4-5,10-16H2,1-3H3,(H,26,32)(H,25,27,31). The fourth-order valence-electron chi connectivity index (χ4n) is 4.37. The van der Waals surface area contributed by atoms with E-state index in [-0.39, 0.29) is 24.3 Å². The van der Waals surface area contributed by atoms with Crippen molar-refractivity contribution in [3.8, 4) is 0 Å². The molecule has 178 valence electrons. The normalized spacial score (nSPS) is 20.0. The van der Waals surface area contributed by atoms with Crippen molar-refractivity contribution in [3.63, 3.8) is 0 Å². The molecule has 0 radical (unpaired) electrons. The maximum absolute atomic E-state index is 12.9. The average Bonchev–Trinajstić information content (AvgIpc) is 3.11. The summed E-state index contributed by atoms with van der Waals surface area (Å²) in [6.07, 6.45) is 1.75. The number of piperazine rings is 1. The third-order valence-electron chi connectivity index (χ3n) is 6.52. The van der Waals surface area contributed by atoms with E-state index in [1.807, 2.05) is 26.0 Å². The number of amides is 2. The van der Waals surface area contributed by atoms with E-state index >= 15 is 0 Å². The van der Waals surface area contributed by atoms with Gasteiger partial charge in [0.25, 0.3) is 0 Å². The Morgan fingerprint density at radius 1 is 1.06 bits per heavy atom. The van der Waals surface area contributed by atoms with Crippen molar-refractivity contribution in [1.29, 1.82) is 0 Å². The van der Waals surface area contributed by atoms with Gasteiger partial charge in [-0.05, 0) is 64.5 Å². The van der Waals surface area contributed by atoms with Gasteiger partial charge in [0.15, 0.2) is 5.13 Å². The maximum atomic E-state index is 12.9. The molecule has 2 fully saturated rings. The van der Waals surface area contributed by atoms with Crippen molar-refractivity contribution >= 4 is 39.7 Å². The average molecular weight is 471 g/mol. The fraction of sp³-hybridized carbons (Fsp3) is 0.542. The molecule has 9 heteroatoms. The van der Waals surface area contributed by atoms with Crippen molar-refractivity contribution in [2.24, 2.45) is 5.92 Å². The summed E-state index contributed by atoms with van der Waals surface area (Å²) in [6, 6.07) is 8.14. The number of aromatic nitrogens is 1. The van der Waals surface area contributed by atoms with Crippen LogP contribution < -0.4 is 15.5 Å².